The van der Waals surface area contributed by atoms with Crippen LogP contribution in [0.1, 0.15) is 18.5 Å². The number of likely N-dealkylation sites (N-methyl/N-ethyl adjacent to an activating group) is 1. The third-order valence-corrected chi connectivity index (χ3v) is 3.37. The summed E-state index contributed by atoms with van der Waals surface area (Å²) in [4.78, 5) is 13.5. The summed E-state index contributed by atoms with van der Waals surface area (Å²) < 4.78 is 4.75. The third kappa shape index (κ3) is 3.45. The second-order valence-corrected chi connectivity index (χ2v) is 4.61. The number of hydrogen-bond acceptors (Lipinski definition) is 4. The largest absolute Gasteiger partial charge is 0.468 e. The summed E-state index contributed by atoms with van der Waals surface area (Å²) in [6.45, 7) is 2.21. The molecule has 5 heteroatoms. The van der Waals surface area contributed by atoms with Crippen LogP contribution in [0.25, 0.3) is 0 Å². The maximum atomic E-state index is 11.6. The Morgan fingerprint density at radius 3 is 2.72 bits per heavy atom. The Hall–Kier alpha value is -1.10. The molecule has 0 heterocycles. The fourth-order valence-corrected chi connectivity index (χ4v) is 2.04. The highest BCUT2D eigenvalue weighted by Crippen LogP contribution is 2.23. The van der Waals surface area contributed by atoms with Crippen molar-refractivity contribution in [2.45, 2.75) is 19.0 Å². The summed E-state index contributed by atoms with van der Waals surface area (Å²) in [5, 5.41) is 0.676. The molecule has 0 amide bonds. The SMILES string of the molecule is COC(=O)C(CN)N(C)C(C)c1cccc(Cl)c1. The Morgan fingerprint density at radius 1 is 1.56 bits per heavy atom. The van der Waals surface area contributed by atoms with Gasteiger partial charge < -0.3 is 10.5 Å². The molecule has 0 aliphatic carbocycles. The molecule has 1 aromatic carbocycles. The number of carbonyl (C=O) groups excluding carboxylic acids is 1. The fourth-order valence-electron chi connectivity index (χ4n) is 1.84. The first-order chi connectivity index (χ1) is 8.51. The van der Waals surface area contributed by atoms with Crippen LogP contribution in [0.2, 0.25) is 5.02 Å². The number of esters is 1. The van der Waals surface area contributed by atoms with E-state index in [1.807, 2.05) is 43.1 Å². The average Bonchev–Trinajstić information content (AvgIpc) is 2.38. The van der Waals surface area contributed by atoms with Gasteiger partial charge in [-0.05, 0) is 31.7 Å². The van der Waals surface area contributed by atoms with Crippen molar-refractivity contribution >= 4 is 17.6 Å². The lowest BCUT2D eigenvalue weighted by molar-refractivity contribution is -0.146. The van der Waals surface area contributed by atoms with Crippen LogP contribution >= 0.6 is 11.6 Å². The molecule has 4 nitrogen and oxygen atoms in total. The van der Waals surface area contributed by atoms with Crippen LogP contribution in [0.3, 0.4) is 0 Å². The molecule has 0 radical (unpaired) electrons. The fraction of sp³-hybridized carbons (Fsp3) is 0.462. The summed E-state index contributed by atoms with van der Waals surface area (Å²) >= 11 is 5.96. The molecule has 0 saturated heterocycles. The molecule has 100 valence electrons. The Morgan fingerprint density at radius 2 is 2.22 bits per heavy atom. The van der Waals surface area contributed by atoms with Crippen molar-refractivity contribution in [3.63, 3.8) is 0 Å². The molecule has 0 saturated carbocycles. The molecule has 2 atom stereocenters. The number of nitrogens with zero attached hydrogens (tertiary/aromatic N) is 1. The minimum Gasteiger partial charge on any atom is -0.468 e. The molecular weight excluding hydrogens is 252 g/mol. The number of benzene rings is 1. The lowest BCUT2D eigenvalue weighted by atomic mass is 10.1. The maximum Gasteiger partial charge on any atom is 0.324 e. The van der Waals surface area contributed by atoms with Crippen LogP contribution < -0.4 is 5.73 Å². The highest BCUT2D eigenvalue weighted by atomic mass is 35.5. The molecule has 0 aliphatic rings. The van der Waals surface area contributed by atoms with E-state index in [4.69, 9.17) is 22.1 Å². The quantitative estimate of drug-likeness (QED) is 0.830. The number of halogens is 1. The first kappa shape index (κ1) is 15.0. The lowest BCUT2D eigenvalue weighted by Crippen LogP contribution is -2.45. The van der Waals surface area contributed by atoms with Crippen LogP contribution in [0.4, 0.5) is 0 Å². The molecule has 1 rings (SSSR count). The predicted molar refractivity (Wildman–Crippen MR) is 72.5 cm³/mol. The van der Waals surface area contributed by atoms with E-state index in [0.29, 0.717) is 5.02 Å². The predicted octanol–water partition coefficient (Wildman–Crippen LogP) is 1.83. The minimum absolute atomic E-state index is 0.0244. The number of carbonyl (C=O) groups is 1. The Balaban J connectivity index is 2.88. The first-order valence-electron chi connectivity index (χ1n) is 5.76. The molecule has 0 fully saturated rings. The van der Waals surface area contributed by atoms with Gasteiger partial charge in [-0.15, -0.1) is 0 Å². The number of hydrogen-bond donors (Lipinski definition) is 1. The average molecular weight is 271 g/mol. The zero-order valence-electron chi connectivity index (χ0n) is 10.9. The second kappa shape index (κ2) is 6.73. The Kier molecular flexibility index (Phi) is 5.59. The summed E-state index contributed by atoms with van der Waals surface area (Å²) in [5.74, 6) is -0.325. The maximum absolute atomic E-state index is 11.6. The Labute approximate surface area is 113 Å². The number of rotatable bonds is 5. The van der Waals surface area contributed by atoms with E-state index < -0.39 is 6.04 Å². The van der Waals surface area contributed by atoms with Crippen molar-refractivity contribution in [3.05, 3.63) is 34.9 Å². The van der Waals surface area contributed by atoms with E-state index >= 15 is 0 Å². The van der Waals surface area contributed by atoms with Crippen LogP contribution in [-0.2, 0) is 9.53 Å². The molecule has 2 unspecified atom stereocenters. The van der Waals surface area contributed by atoms with Gasteiger partial charge in [0.15, 0.2) is 0 Å². The van der Waals surface area contributed by atoms with Gasteiger partial charge in [-0.3, -0.25) is 9.69 Å². The topological polar surface area (TPSA) is 55.6 Å². The van der Waals surface area contributed by atoms with Crippen LogP contribution in [0.5, 0.6) is 0 Å². The standard InChI is InChI=1S/C13H19ClN2O2/c1-9(10-5-4-6-11(14)7-10)16(2)12(8-15)13(17)18-3/h4-7,9,12H,8,15H2,1-3H3. The highest BCUT2D eigenvalue weighted by molar-refractivity contribution is 6.30. The summed E-state index contributed by atoms with van der Waals surface area (Å²) in [5.41, 5.74) is 6.66. The lowest BCUT2D eigenvalue weighted by Gasteiger charge is -2.30. The van der Waals surface area contributed by atoms with E-state index in [9.17, 15) is 4.79 Å². The van der Waals surface area contributed by atoms with Gasteiger partial charge in [0.2, 0.25) is 0 Å². The van der Waals surface area contributed by atoms with Crippen molar-refractivity contribution in [3.8, 4) is 0 Å². The summed E-state index contributed by atoms with van der Waals surface area (Å²) in [6, 6.07) is 7.13. The van der Waals surface area contributed by atoms with Crippen LogP contribution in [0, 0.1) is 0 Å². The molecule has 18 heavy (non-hydrogen) atoms. The highest BCUT2D eigenvalue weighted by Gasteiger charge is 2.26. The molecule has 0 aliphatic heterocycles. The van der Waals surface area contributed by atoms with E-state index in [2.05, 4.69) is 0 Å². The minimum atomic E-state index is -0.455. The smallest absolute Gasteiger partial charge is 0.324 e. The number of nitrogens with two attached hydrogens (primary N) is 1. The van der Waals surface area contributed by atoms with Gasteiger partial charge in [-0.2, -0.15) is 0 Å². The number of ether oxygens (including phenoxy) is 1. The van der Waals surface area contributed by atoms with Gasteiger partial charge in [0.1, 0.15) is 6.04 Å². The molecule has 0 aromatic heterocycles. The first-order valence-corrected chi connectivity index (χ1v) is 6.14. The summed E-state index contributed by atoms with van der Waals surface area (Å²) in [7, 11) is 3.21. The van der Waals surface area contributed by atoms with Crippen molar-refractivity contribution < 1.29 is 9.53 Å². The van der Waals surface area contributed by atoms with Crippen molar-refractivity contribution in [2.24, 2.45) is 5.73 Å². The van der Waals surface area contributed by atoms with Gasteiger partial charge in [0, 0.05) is 17.6 Å². The molecule has 0 bridgehead atoms. The second-order valence-electron chi connectivity index (χ2n) is 4.17. The van der Waals surface area contributed by atoms with Crippen LogP contribution in [-0.4, -0.2) is 37.6 Å². The number of methoxy groups -OCH3 is 1. The normalized spacial score (nSPS) is 14.3. The zero-order valence-corrected chi connectivity index (χ0v) is 11.6. The van der Waals surface area contributed by atoms with Crippen molar-refractivity contribution in [1.29, 1.82) is 0 Å². The van der Waals surface area contributed by atoms with Crippen LogP contribution in [0.15, 0.2) is 24.3 Å². The molecular formula is C13H19ClN2O2. The van der Waals surface area contributed by atoms with Gasteiger partial charge in [-0.1, -0.05) is 23.7 Å². The monoisotopic (exact) mass is 270 g/mol. The van der Waals surface area contributed by atoms with E-state index in [1.54, 1.807) is 0 Å². The van der Waals surface area contributed by atoms with Crippen molar-refractivity contribution in [2.75, 3.05) is 20.7 Å². The third-order valence-electron chi connectivity index (χ3n) is 3.13. The van der Waals surface area contributed by atoms with Crippen molar-refractivity contribution in [1.82, 2.24) is 4.90 Å². The van der Waals surface area contributed by atoms with E-state index in [1.165, 1.54) is 7.11 Å². The van der Waals surface area contributed by atoms with E-state index in [0.717, 1.165) is 5.56 Å². The molecule has 0 spiro atoms. The van der Waals surface area contributed by atoms with Gasteiger partial charge >= 0.3 is 5.97 Å². The molecule has 1 aromatic rings. The molecule has 2 N–H and O–H groups in total. The van der Waals surface area contributed by atoms with E-state index in [-0.39, 0.29) is 18.6 Å². The van der Waals surface area contributed by atoms with Gasteiger partial charge in [-0.25, -0.2) is 0 Å². The van der Waals surface area contributed by atoms with Gasteiger partial charge in [0.05, 0.1) is 7.11 Å². The summed E-state index contributed by atoms with van der Waals surface area (Å²) in [6.07, 6.45) is 0. The zero-order chi connectivity index (χ0) is 13.7. The van der Waals surface area contributed by atoms with Gasteiger partial charge in [0.25, 0.3) is 0 Å². The Bertz CT molecular complexity index is 412.